The highest BCUT2D eigenvalue weighted by Crippen LogP contribution is 2.24. The maximum Gasteiger partial charge on any atom is 0.279 e. The highest BCUT2D eigenvalue weighted by Gasteiger charge is 2.29. The van der Waals surface area contributed by atoms with Crippen molar-refractivity contribution in [3.8, 4) is 0 Å². The molecular formula is C19H31N3O2S. The van der Waals surface area contributed by atoms with Gasteiger partial charge in [-0.05, 0) is 38.2 Å². The average molecular weight is 366 g/mol. The number of benzene rings is 1. The zero-order valence-electron chi connectivity index (χ0n) is 15.2. The Balaban J connectivity index is 1.52. The molecule has 25 heavy (non-hydrogen) atoms. The zero-order valence-corrected chi connectivity index (χ0v) is 16.0. The normalized spacial score (nSPS) is 23.2. The van der Waals surface area contributed by atoms with Gasteiger partial charge in [0.15, 0.2) is 0 Å². The molecule has 1 unspecified atom stereocenters. The predicted octanol–water partition coefficient (Wildman–Crippen LogP) is 2.92. The van der Waals surface area contributed by atoms with Crippen molar-refractivity contribution in [2.45, 2.75) is 57.5 Å². The molecule has 2 fully saturated rings. The third-order valence-corrected chi connectivity index (χ3v) is 7.26. The van der Waals surface area contributed by atoms with Crippen LogP contribution in [0, 0.1) is 0 Å². The Kier molecular flexibility index (Phi) is 6.49. The van der Waals surface area contributed by atoms with Crippen molar-refractivity contribution in [1.29, 1.82) is 0 Å². The van der Waals surface area contributed by atoms with E-state index in [4.69, 9.17) is 0 Å². The van der Waals surface area contributed by atoms with Gasteiger partial charge in [-0.3, -0.25) is 4.90 Å². The van der Waals surface area contributed by atoms with Gasteiger partial charge in [0.2, 0.25) is 0 Å². The number of rotatable bonds is 5. The summed E-state index contributed by atoms with van der Waals surface area (Å²) in [5.41, 5.74) is 1.33. The molecule has 0 aromatic heterocycles. The molecular weight excluding hydrogens is 334 g/mol. The summed E-state index contributed by atoms with van der Waals surface area (Å²) in [5.74, 6) is 0. The first-order valence-electron chi connectivity index (χ1n) is 9.63. The second-order valence-electron chi connectivity index (χ2n) is 7.33. The molecule has 2 heterocycles. The molecule has 0 aliphatic carbocycles. The Morgan fingerprint density at radius 2 is 1.56 bits per heavy atom. The lowest BCUT2D eigenvalue weighted by Gasteiger charge is -2.37. The Hall–Kier alpha value is -0.950. The molecule has 0 amide bonds. The molecule has 0 saturated carbocycles. The van der Waals surface area contributed by atoms with E-state index in [9.17, 15) is 8.42 Å². The van der Waals surface area contributed by atoms with Crippen LogP contribution in [-0.4, -0.2) is 49.8 Å². The summed E-state index contributed by atoms with van der Waals surface area (Å²) in [6, 6.07) is 11.0. The van der Waals surface area contributed by atoms with Crippen LogP contribution >= 0.6 is 0 Å². The molecule has 2 aliphatic heterocycles. The number of piperidine rings is 1. The minimum absolute atomic E-state index is 0.0625. The fourth-order valence-corrected chi connectivity index (χ4v) is 5.46. The van der Waals surface area contributed by atoms with Crippen LogP contribution in [0.3, 0.4) is 0 Å². The number of hydrogen-bond acceptors (Lipinski definition) is 3. The first-order chi connectivity index (χ1) is 12.1. The molecule has 1 aromatic rings. The van der Waals surface area contributed by atoms with E-state index in [0.29, 0.717) is 19.1 Å². The molecule has 5 nitrogen and oxygen atoms in total. The van der Waals surface area contributed by atoms with Gasteiger partial charge in [-0.1, -0.05) is 43.2 Å². The number of hydrogen-bond donors (Lipinski definition) is 1. The van der Waals surface area contributed by atoms with Crippen LogP contribution in [0.1, 0.15) is 57.1 Å². The molecule has 2 aliphatic rings. The highest BCUT2D eigenvalue weighted by molar-refractivity contribution is 7.87. The van der Waals surface area contributed by atoms with Gasteiger partial charge in [-0.15, -0.1) is 0 Å². The van der Waals surface area contributed by atoms with Crippen molar-refractivity contribution in [1.82, 2.24) is 13.9 Å². The van der Waals surface area contributed by atoms with Gasteiger partial charge in [0.1, 0.15) is 0 Å². The van der Waals surface area contributed by atoms with Gasteiger partial charge in [-0.25, -0.2) is 0 Å². The SMILES string of the molecule is CC(c1ccccc1)N1CCC(NS(=O)(=O)N2CCCCCC2)CC1. The summed E-state index contributed by atoms with van der Waals surface area (Å²) >= 11 is 0. The summed E-state index contributed by atoms with van der Waals surface area (Å²) in [7, 11) is -3.33. The van der Waals surface area contributed by atoms with E-state index >= 15 is 0 Å². The maximum absolute atomic E-state index is 12.6. The van der Waals surface area contributed by atoms with Crippen LogP contribution in [-0.2, 0) is 10.2 Å². The van der Waals surface area contributed by atoms with Gasteiger partial charge >= 0.3 is 0 Å². The monoisotopic (exact) mass is 365 g/mol. The lowest BCUT2D eigenvalue weighted by atomic mass is 10.0. The number of nitrogens with one attached hydrogen (secondary N) is 1. The second kappa shape index (κ2) is 8.62. The van der Waals surface area contributed by atoms with E-state index in [0.717, 1.165) is 51.6 Å². The summed E-state index contributed by atoms with van der Waals surface area (Å²) in [6.07, 6.45) is 6.00. The van der Waals surface area contributed by atoms with Crippen LogP contribution in [0.5, 0.6) is 0 Å². The minimum Gasteiger partial charge on any atom is -0.296 e. The maximum atomic E-state index is 12.6. The molecule has 6 heteroatoms. The van der Waals surface area contributed by atoms with Crippen molar-refractivity contribution in [3.63, 3.8) is 0 Å². The Morgan fingerprint density at radius 1 is 0.960 bits per heavy atom. The van der Waals surface area contributed by atoms with Crippen LogP contribution in [0.2, 0.25) is 0 Å². The lowest BCUT2D eigenvalue weighted by molar-refractivity contribution is 0.158. The molecule has 1 aromatic carbocycles. The average Bonchev–Trinajstić information content (AvgIpc) is 2.92. The Morgan fingerprint density at radius 3 is 2.16 bits per heavy atom. The van der Waals surface area contributed by atoms with Crippen molar-refractivity contribution in [2.24, 2.45) is 0 Å². The Labute approximate surface area is 152 Å². The van der Waals surface area contributed by atoms with E-state index < -0.39 is 10.2 Å². The number of likely N-dealkylation sites (tertiary alicyclic amines) is 1. The summed E-state index contributed by atoms with van der Waals surface area (Å²) in [4.78, 5) is 2.45. The standard InChI is InChI=1S/C19H31N3O2S/c1-17(18-9-5-4-6-10-18)21-15-11-19(12-16-21)20-25(23,24)22-13-7-2-3-8-14-22/h4-6,9-10,17,19-20H,2-3,7-8,11-16H2,1H3. The van der Waals surface area contributed by atoms with Crippen molar-refractivity contribution >= 4 is 10.2 Å². The van der Waals surface area contributed by atoms with Crippen LogP contribution in [0.15, 0.2) is 30.3 Å². The van der Waals surface area contributed by atoms with E-state index in [-0.39, 0.29) is 6.04 Å². The van der Waals surface area contributed by atoms with Crippen molar-refractivity contribution < 1.29 is 8.42 Å². The van der Waals surface area contributed by atoms with Crippen LogP contribution in [0.4, 0.5) is 0 Å². The highest BCUT2D eigenvalue weighted by atomic mass is 32.2. The number of nitrogens with zero attached hydrogens (tertiary/aromatic N) is 2. The van der Waals surface area contributed by atoms with Gasteiger partial charge in [0.25, 0.3) is 10.2 Å². The van der Waals surface area contributed by atoms with E-state index in [1.165, 1.54) is 5.56 Å². The first-order valence-corrected chi connectivity index (χ1v) is 11.1. The summed E-state index contributed by atoms with van der Waals surface area (Å²) < 4.78 is 29.9. The fraction of sp³-hybridized carbons (Fsp3) is 0.684. The molecule has 0 bridgehead atoms. The molecule has 3 rings (SSSR count). The molecule has 0 spiro atoms. The minimum atomic E-state index is -3.33. The van der Waals surface area contributed by atoms with Crippen molar-refractivity contribution in [3.05, 3.63) is 35.9 Å². The van der Waals surface area contributed by atoms with Gasteiger partial charge in [-0.2, -0.15) is 17.4 Å². The summed E-state index contributed by atoms with van der Waals surface area (Å²) in [6.45, 7) is 5.43. The third kappa shape index (κ3) is 5.03. The topological polar surface area (TPSA) is 52.7 Å². The fourth-order valence-electron chi connectivity index (χ4n) is 3.91. The van der Waals surface area contributed by atoms with Crippen LogP contribution in [0.25, 0.3) is 0 Å². The predicted molar refractivity (Wildman–Crippen MR) is 102 cm³/mol. The second-order valence-corrected chi connectivity index (χ2v) is 9.04. The lowest BCUT2D eigenvalue weighted by Crippen LogP contribution is -2.50. The Bertz CT molecular complexity index is 619. The zero-order chi connectivity index (χ0) is 17.7. The quantitative estimate of drug-likeness (QED) is 0.873. The largest absolute Gasteiger partial charge is 0.296 e. The van der Waals surface area contributed by atoms with Gasteiger partial charge in [0.05, 0.1) is 0 Å². The molecule has 2 saturated heterocycles. The van der Waals surface area contributed by atoms with Gasteiger partial charge < -0.3 is 0 Å². The van der Waals surface area contributed by atoms with Crippen molar-refractivity contribution in [2.75, 3.05) is 26.2 Å². The molecule has 140 valence electrons. The molecule has 0 radical (unpaired) electrons. The van der Waals surface area contributed by atoms with E-state index in [2.05, 4.69) is 40.8 Å². The molecule has 1 atom stereocenters. The third-order valence-electron chi connectivity index (χ3n) is 5.58. The van der Waals surface area contributed by atoms with E-state index in [1.807, 2.05) is 6.07 Å². The van der Waals surface area contributed by atoms with Gasteiger partial charge in [0, 0.05) is 38.3 Å². The van der Waals surface area contributed by atoms with E-state index in [1.54, 1.807) is 4.31 Å². The van der Waals surface area contributed by atoms with Crippen LogP contribution < -0.4 is 4.72 Å². The first kappa shape index (κ1) is 18.8. The smallest absolute Gasteiger partial charge is 0.279 e. The summed E-state index contributed by atoms with van der Waals surface area (Å²) in [5, 5.41) is 0. The molecule has 1 N–H and O–H groups in total.